The van der Waals surface area contributed by atoms with E-state index in [0.717, 1.165) is 26.8 Å². The van der Waals surface area contributed by atoms with Gasteiger partial charge in [0.1, 0.15) is 0 Å². The van der Waals surface area contributed by atoms with E-state index in [1.165, 1.54) is 0 Å². The van der Waals surface area contributed by atoms with Crippen molar-refractivity contribution in [2.24, 2.45) is 0 Å². The lowest BCUT2D eigenvalue weighted by Crippen LogP contribution is -1.86. The maximum atomic E-state index is 4.62. The SMILES string of the molecule is CSc1ccc2ccc3cccnc3c2n1. The molecule has 1 aromatic carbocycles. The van der Waals surface area contributed by atoms with Gasteiger partial charge in [0.25, 0.3) is 0 Å². The van der Waals surface area contributed by atoms with Gasteiger partial charge < -0.3 is 0 Å². The van der Waals surface area contributed by atoms with Gasteiger partial charge >= 0.3 is 0 Å². The van der Waals surface area contributed by atoms with Gasteiger partial charge in [0.15, 0.2) is 0 Å². The Morgan fingerprint density at radius 1 is 0.938 bits per heavy atom. The number of hydrogen-bond acceptors (Lipinski definition) is 3. The minimum absolute atomic E-state index is 0.982. The molecule has 3 rings (SSSR count). The number of thioether (sulfide) groups is 1. The van der Waals surface area contributed by atoms with Crippen LogP contribution in [-0.4, -0.2) is 16.2 Å². The van der Waals surface area contributed by atoms with Crippen LogP contribution >= 0.6 is 11.8 Å². The first kappa shape index (κ1) is 9.60. The second-order valence-corrected chi connectivity index (χ2v) is 4.39. The topological polar surface area (TPSA) is 25.8 Å². The van der Waals surface area contributed by atoms with E-state index < -0.39 is 0 Å². The first-order chi connectivity index (χ1) is 7.88. The summed E-state index contributed by atoms with van der Waals surface area (Å²) in [6, 6.07) is 12.3. The van der Waals surface area contributed by atoms with E-state index in [9.17, 15) is 0 Å². The van der Waals surface area contributed by atoms with Crippen molar-refractivity contribution in [2.45, 2.75) is 5.03 Å². The van der Waals surface area contributed by atoms with Gasteiger partial charge in [0.05, 0.1) is 16.1 Å². The third-order valence-corrected chi connectivity index (χ3v) is 3.26. The minimum Gasteiger partial charge on any atom is -0.254 e. The summed E-state index contributed by atoms with van der Waals surface area (Å²) in [5.74, 6) is 0. The van der Waals surface area contributed by atoms with Crippen LogP contribution < -0.4 is 0 Å². The van der Waals surface area contributed by atoms with Gasteiger partial charge in [-0.15, -0.1) is 11.8 Å². The predicted molar refractivity (Wildman–Crippen MR) is 68.8 cm³/mol. The van der Waals surface area contributed by atoms with Crippen LogP contribution in [0.5, 0.6) is 0 Å². The highest BCUT2D eigenvalue weighted by Crippen LogP contribution is 2.24. The Kier molecular flexibility index (Phi) is 2.26. The second-order valence-electron chi connectivity index (χ2n) is 3.57. The summed E-state index contributed by atoms with van der Waals surface area (Å²) in [6.45, 7) is 0. The van der Waals surface area contributed by atoms with Gasteiger partial charge in [0, 0.05) is 17.0 Å². The van der Waals surface area contributed by atoms with Gasteiger partial charge in [-0.3, -0.25) is 4.98 Å². The van der Waals surface area contributed by atoms with Gasteiger partial charge in [-0.1, -0.05) is 24.3 Å². The molecule has 2 heterocycles. The van der Waals surface area contributed by atoms with Gasteiger partial charge in [0.2, 0.25) is 0 Å². The lowest BCUT2D eigenvalue weighted by molar-refractivity contribution is 1.19. The van der Waals surface area contributed by atoms with E-state index in [2.05, 4.69) is 34.2 Å². The fourth-order valence-electron chi connectivity index (χ4n) is 1.82. The van der Waals surface area contributed by atoms with Crippen molar-refractivity contribution in [3.05, 3.63) is 42.6 Å². The molecule has 3 aromatic rings. The van der Waals surface area contributed by atoms with Crippen LogP contribution in [0.25, 0.3) is 21.8 Å². The van der Waals surface area contributed by atoms with Crippen molar-refractivity contribution in [1.82, 2.24) is 9.97 Å². The highest BCUT2D eigenvalue weighted by molar-refractivity contribution is 7.98. The smallest absolute Gasteiger partial charge is 0.0978 e. The van der Waals surface area contributed by atoms with Crippen molar-refractivity contribution in [3.63, 3.8) is 0 Å². The molecule has 2 aromatic heterocycles. The minimum atomic E-state index is 0.982. The highest BCUT2D eigenvalue weighted by Gasteiger charge is 2.03. The molecule has 0 bridgehead atoms. The molecule has 0 saturated heterocycles. The quantitative estimate of drug-likeness (QED) is 0.469. The molecule has 0 N–H and O–H groups in total. The molecule has 0 aliphatic carbocycles. The summed E-state index contributed by atoms with van der Waals surface area (Å²) >= 11 is 1.65. The number of nitrogens with zero attached hydrogens (tertiary/aromatic N) is 2. The Morgan fingerprint density at radius 2 is 1.69 bits per heavy atom. The summed E-state index contributed by atoms with van der Waals surface area (Å²) in [5, 5.41) is 3.32. The predicted octanol–water partition coefficient (Wildman–Crippen LogP) is 3.50. The zero-order chi connectivity index (χ0) is 11.0. The first-order valence-electron chi connectivity index (χ1n) is 5.07. The molecule has 2 nitrogen and oxygen atoms in total. The molecule has 0 radical (unpaired) electrons. The van der Waals surface area contributed by atoms with Crippen molar-refractivity contribution in [1.29, 1.82) is 0 Å². The van der Waals surface area contributed by atoms with Crippen LogP contribution in [0.2, 0.25) is 0 Å². The molecule has 0 fully saturated rings. The number of fused-ring (bicyclic) bond motifs is 3. The molecule has 0 amide bonds. The highest BCUT2D eigenvalue weighted by atomic mass is 32.2. The number of aromatic nitrogens is 2. The molecule has 0 saturated carbocycles. The number of pyridine rings is 2. The van der Waals surface area contributed by atoms with Crippen LogP contribution in [0.4, 0.5) is 0 Å². The van der Waals surface area contributed by atoms with E-state index in [-0.39, 0.29) is 0 Å². The van der Waals surface area contributed by atoms with Crippen LogP contribution in [0.3, 0.4) is 0 Å². The van der Waals surface area contributed by atoms with Crippen molar-refractivity contribution in [2.75, 3.05) is 6.26 Å². The molecule has 16 heavy (non-hydrogen) atoms. The Labute approximate surface area is 97.7 Å². The normalized spacial score (nSPS) is 11.1. The summed E-state index contributed by atoms with van der Waals surface area (Å²) in [5.41, 5.74) is 1.97. The Hall–Kier alpha value is -1.61. The van der Waals surface area contributed by atoms with E-state index in [1.807, 2.05) is 24.6 Å². The zero-order valence-electron chi connectivity index (χ0n) is 8.84. The molecule has 78 valence electrons. The second kappa shape index (κ2) is 3.76. The summed E-state index contributed by atoms with van der Waals surface area (Å²) in [6.07, 6.45) is 3.85. The summed E-state index contributed by atoms with van der Waals surface area (Å²) < 4.78 is 0. The number of benzene rings is 1. The Balaban J connectivity index is 2.47. The fourth-order valence-corrected chi connectivity index (χ4v) is 2.21. The maximum absolute atomic E-state index is 4.62. The van der Waals surface area contributed by atoms with Crippen LogP contribution in [-0.2, 0) is 0 Å². The van der Waals surface area contributed by atoms with E-state index >= 15 is 0 Å². The van der Waals surface area contributed by atoms with E-state index in [1.54, 1.807) is 11.8 Å². The van der Waals surface area contributed by atoms with Crippen molar-refractivity contribution in [3.8, 4) is 0 Å². The molecular formula is C13H10N2S. The maximum Gasteiger partial charge on any atom is 0.0978 e. The summed E-state index contributed by atoms with van der Waals surface area (Å²) in [7, 11) is 0. The average Bonchev–Trinajstić information content (AvgIpc) is 2.38. The van der Waals surface area contributed by atoms with Crippen LogP contribution in [0.1, 0.15) is 0 Å². The van der Waals surface area contributed by atoms with E-state index in [4.69, 9.17) is 0 Å². The largest absolute Gasteiger partial charge is 0.254 e. The molecule has 0 atom stereocenters. The molecule has 0 aliphatic rings. The van der Waals surface area contributed by atoms with E-state index in [0.29, 0.717) is 0 Å². The van der Waals surface area contributed by atoms with Gasteiger partial charge in [-0.25, -0.2) is 4.98 Å². The Bertz CT molecular complexity index is 664. The monoisotopic (exact) mass is 226 g/mol. The third kappa shape index (κ3) is 1.44. The summed E-state index contributed by atoms with van der Waals surface area (Å²) in [4.78, 5) is 9.04. The molecule has 0 unspecified atom stereocenters. The van der Waals surface area contributed by atoms with Crippen molar-refractivity contribution < 1.29 is 0 Å². The average molecular weight is 226 g/mol. The van der Waals surface area contributed by atoms with Gasteiger partial charge in [-0.2, -0.15) is 0 Å². The Morgan fingerprint density at radius 3 is 2.50 bits per heavy atom. The van der Waals surface area contributed by atoms with Crippen molar-refractivity contribution >= 4 is 33.6 Å². The molecular weight excluding hydrogens is 216 g/mol. The first-order valence-corrected chi connectivity index (χ1v) is 6.29. The fraction of sp³-hybridized carbons (Fsp3) is 0.0769. The standard InChI is InChI=1S/C13H10N2S/c1-16-11-7-6-10-5-4-9-3-2-8-14-12(9)13(10)15-11/h2-8H,1H3. The molecule has 3 heteroatoms. The molecule has 0 aliphatic heterocycles. The number of hydrogen-bond donors (Lipinski definition) is 0. The molecule has 0 spiro atoms. The lowest BCUT2D eigenvalue weighted by Gasteiger charge is -2.03. The lowest BCUT2D eigenvalue weighted by atomic mass is 10.1. The number of rotatable bonds is 1. The zero-order valence-corrected chi connectivity index (χ0v) is 9.66. The van der Waals surface area contributed by atoms with Gasteiger partial charge in [-0.05, 0) is 18.4 Å². The van der Waals surface area contributed by atoms with Crippen LogP contribution in [0, 0.1) is 0 Å². The van der Waals surface area contributed by atoms with Crippen LogP contribution in [0.15, 0.2) is 47.6 Å². The third-order valence-electron chi connectivity index (χ3n) is 2.62.